The Morgan fingerprint density at radius 3 is 1.97 bits per heavy atom. The van der Waals surface area contributed by atoms with Crippen molar-refractivity contribution in [3.63, 3.8) is 0 Å². The highest BCUT2D eigenvalue weighted by Gasteiger charge is 2.75. The number of alkyl halides is 3. The number of anilines is 1. The zero-order valence-corrected chi connectivity index (χ0v) is 19.4. The lowest BCUT2D eigenvalue weighted by molar-refractivity contribution is -0.137. The summed E-state index contributed by atoms with van der Waals surface area (Å²) in [5, 5.41) is 0.146. The van der Waals surface area contributed by atoms with Crippen molar-refractivity contribution in [2.75, 3.05) is 4.90 Å². The molecule has 3 unspecified atom stereocenters. The zero-order valence-electron chi connectivity index (χ0n) is 18.7. The van der Waals surface area contributed by atoms with Crippen LogP contribution >= 0.6 is 11.6 Å². The minimum Gasteiger partial charge on any atom is -0.349 e. The maximum atomic E-state index is 13.9. The van der Waals surface area contributed by atoms with E-state index >= 15 is 0 Å². The van der Waals surface area contributed by atoms with Gasteiger partial charge in [0.05, 0.1) is 29.2 Å². The summed E-state index contributed by atoms with van der Waals surface area (Å²) in [5.74, 6) is -6.90. The topological polar surface area (TPSA) is 80.8 Å². The van der Waals surface area contributed by atoms with Crippen molar-refractivity contribution in [3.8, 4) is 0 Å². The highest BCUT2D eigenvalue weighted by atomic mass is 35.5. The highest BCUT2D eigenvalue weighted by Crippen LogP contribution is 2.58. The van der Waals surface area contributed by atoms with E-state index in [1.165, 1.54) is 42.5 Å². The summed E-state index contributed by atoms with van der Waals surface area (Å²) in [4.78, 5) is 55.5. The molecule has 0 saturated carbocycles. The number of benzene rings is 3. The number of halogens is 4. The van der Waals surface area contributed by atoms with Crippen LogP contribution in [-0.2, 0) is 20.5 Å². The molecule has 10 heteroatoms. The van der Waals surface area contributed by atoms with Crippen LogP contribution in [0.3, 0.4) is 0 Å². The van der Waals surface area contributed by atoms with E-state index in [2.05, 4.69) is 0 Å². The average molecular weight is 526 g/mol. The van der Waals surface area contributed by atoms with Gasteiger partial charge in [-0.05, 0) is 18.2 Å². The fraction of sp³-hybridized carbons (Fsp3) is 0.185. The van der Waals surface area contributed by atoms with Gasteiger partial charge in [-0.25, -0.2) is 4.90 Å². The number of para-hydroxylation sites is 1. The molecule has 3 aromatic carbocycles. The summed E-state index contributed by atoms with van der Waals surface area (Å²) in [6.45, 7) is 0. The molecule has 6 nitrogen and oxygen atoms in total. The number of ketones is 2. The molecule has 2 fully saturated rings. The van der Waals surface area contributed by atoms with Crippen LogP contribution in [0.25, 0.3) is 0 Å². The minimum atomic E-state index is -4.87. The molecule has 2 amide bonds. The number of Topliss-reactive ketones (excluding diaryl/α,β-unsaturated/α-hetero) is 2. The molecule has 2 saturated heterocycles. The lowest BCUT2D eigenvalue weighted by Crippen LogP contribution is -2.51. The number of nitrogens with zero attached hydrogens (tertiary/aromatic N) is 1. The van der Waals surface area contributed by atoms with Gasteiger partial charge in [0.2, 0.25) is 29.0 Å². The standard InChI is InChI=1S/C27H15ClF3NO5/c28-17-11-5-3-9-15(17)21-19-20(26(37-21)22(33)13-7-1-2-8-14(13)23(26)34)25(36)32(24(19)35)18-12-6-4-10-16(18)27(29,30)31/h1-12,19-21H. The van der Waals surface area contributed by atoms with Crippen LogP contribution in [0.5, 0.6) is 0 Å². The Bertz CT molecular complexity index is 1500. The van der Waals surface area contributed by atoms with Crippen molar-refractivity contribution >= 4 is 40.7 Å². The van der Waals surface area contributed by atoms with Gasteiger partial charge in [-0.1, -0.05) is 66.2 Å². The van der Waals surface area contributed by atoms with E-state index in [4.69, 9.17) is 16.3 Å². The second kappa shape index (κ2) is 7.84. The molecule has 37 heavy (non-hydrogen) atoms. The summed E-state index contributed by atoms with van der Waals surface area (Å²) in [7, 11) is 0. The van der Waals surface area contributed by atoms with Crippen molar-refractivity contribution in [1.82, 2.24) is 0 Å². The molecule has 3 aromatic rings. The smallest absolute Gasteiger partial charge is 0.349 e. The molecule has 0 radical (unpaired) electrons. The van der Waals surface area contributed by atoms with Gasteiger partial charge in [-0.15, -0.1) is 0 Å². The first kappa shape index (κ1) is 23.6. The van der Waals surface area contributed by atoms with Gasteiger partial charge in [-0.3, -0.25) is 19.2 Å². The summed E-state index contributed by atoms with van der Waals surface area (Å²) in [6, 6.07) is 16.3. The van der Waals surface area contributed by atoms with Gasteiger partial charge in [0.1, 0.15) is 0 Å². The fourth-order valence-corrected chi connectivity index (χ4v) is 5.89. The van der Waals surface area contributed by atoms with Crippen LogP contribution in [0, 0.1) is 11.8 Å². The monoisotopic (exact) mass is 525 g/mol. The van der Waals surface area contributed by atoms with Gasteiger partial charge in [0, 0.05) is 21.7 Å². The van der Waals surface area contributed by atoms with E-state index in [-0.39, 0.29) is 21.7 Å². The summed E-state index contributed by atoms with van der Waals surface area (Å²) < 4.78 is 47.6. The molecule has 1 aliphatic carbocycles. The van der Waals surface area contributed by atoms with Crippen LogP contribution < -0.4 is 4.90 Å². The SMILES string of the molecule is O=C1C2C(c3ccccc3Cl)OC3(C(=O)c4ccccc4C3=O)C2C(=O)N1c1ccccc1C(F)(F)F. The first-order chi connectivity index (χ1) is 17.6. The van der Waals surface area contributed by atoms with Crippen LogP contribution in [0.2, 0.25) is 5.02 Å². The third-order valence-corrected chi connectivity index (χ3v) is 7.53. The normalized spacial score (nSPS) is 24.2. The minimum absolute atomic E-state index is 0.0143. The number of amides is 2. The quantitative estimate of drug-likeness (QED) is 0.345. The van der Waals surface area contributed by atoms with Gasteiger partial charge < -0.3 is 4.74 Å². The van der Waals surface area contributed by atoms with E-state index < -0.39 is 64.3 Å². The van der Waals surface area contributed by atoms with E-state index in [1.54, 1.807) is 12.1 Å². The Morgan fingerprint density at radius 2 is 1.35 bits per heavy atom. The van der Waals surface area contributed by atoms with Crippen LogP contribution in [0.1, 0.15) is 37.9 Å². The molecule has 0 N–H and O–H groups in total. The summed E-state index contributed by atoms with van der Waals surface area (Å²) in [5.41, 5.74) is -4.02. The van der Waals surface area contributed by atoms with E-state index in [0.717, 1.165) is 18.2 Å². The van der Waals surface area contributed by atoms with Gasteiger partial charge in [0.25, 0.3) is 0 Å². The molecule has 0 bridgehead atoms. The molecule has 186 valence electrons. The third-order valence-electron chi connectivity index (χ3n) is 7.18. The third kappa shape index (κ3) is 3.04. The molecule has 3 atom stereocenters. The molecule has 2 aliphatic heterocycles. The molecule has 0 aromatic heterocycles. The second-order valence-corrected chi connectivity index (χ2v) is 9.44. The van der Waals surface area contributed by atoms with E-state index in [1.807, 2.05) is 0 Å². The number of hydrogen-bond acceptors (Lipinski definition) is 5. The Balaban J connectivity index is 1.58. The van der Waals surface area contributed by atoms with Gasteiger partial charge in [0.15, 0.2) is 0 Å². The Kier molecular flexibility index (Phi) is 4.99. The first-order valence-electron chi connectivity index (χ1n) is 11.2. The molecular weight excluding hydrogens is 511 g/mol. The van der Waals surface area contributed by atoms with Crippen LogP contribution in [-0.4, -0.2) is 29.0 Å². The van der Waals surface area contributed by atoms with Crippen molar-refractivity contribution in [1.29, 1.82) is 0 Å². The van der Waals surface area contributed by atoms with Crippen molar-refractivity contribution < 1.29 is 37.1 Å². The average Bonchev–Trinajstić information content (AvgIpc) is 3.44. The van der Waals surface area contributed by atoms with E-state index in [0.29, 0.717) is 4.90 Å². The lowest BCUT2D eigenvalue weighted by atomic mass is 9.77. The largest absolute Gasteiger partial charge is 0.418 e. The predicted octanol–water partition coefficient (Wildman–Crippen LogP) is 5.05. The van der Waals surface area contributed by atoms with E-state index in [9.17, 15) is 32.3 Å². The molecule has 1 spiro atoms. The molecular formula is C27H15ClF3NO5. The molecule has 3 aliphatic rings. The summed E-state index contributed by atoms with van der Waals surface area (Å²) in [6.07, 6.45) is -6.21. The van der Waals surface area contributed by atoms with Crippen LogP contribution in [0.4, 0.5) is 18.9 Å². The summed E-state index contributed by atoms with van der Waals surface area (Å²) >= 11 is 6.37. The van der Waals surface area contributed by atoms with Crippen LogP contribution in [0.15, 0.2) is 72.8 Å². The van der Waals surface area contributed by atoms with Crippen molar-refractivity contribution in [2.24, 2.45) is 11.8 Å². The van der Waals surface area contributed by atoms with Gasteiger partial charge in [-0.2, -0.15) is 13.2 Å². The Hall–Kier alpha value is -3.82. The lowest BCUT2D eigenvalue weighted by Gasteiger charge is -2.28. The number of carbonyl (C=O) groups excluding carboxylic acids is 4. The molecule has 2 heterocycles. The Labute approximate surface area is 212 Å². The zero-order chi connectivity index (χ0) is 26.3. The molecule has 6 rings (SSSR count). The number of fused-ring (bicyclic) bond motifs is 3. The number of imide groups is 1. The fourth-order valence-electron chi connectivity index (χ4n) is 5.65. The number of ether oxygens (including phenoxy) is 1. The Morgan fingerprint density at radius 1 is 0.784 bits per heavy atom. The maximum Gasteiger partial charge on any atom is 0.418 e. The van der Waals surface area contributed by atoms with Crippen molar-refractivity contribution in [2.45, 2.75) is 17.9 Å². The maximum absolute atomic E-state index is 13.9. The number of hydrogen-bond donors (Lipinski definition) is 0. The van der Waals surface area contributed by atoms with Gasteiger partial charge >= 0.3 is 6.18 Å². The number of carbonyl (C=O) groups is 4. The first-order valence-corrected chi connectivity index (χ1v) is 11.6. The van der Waals surface area contributed by atoms with Crippen molar-refractivity contribution in [3.05, 3.63) is 100 Å². The predicted molar refractivity (Wildman–Crippen MR) is 124 cm³/mol. The highest BCUT2D eigenvalue weighted by molar-refractivity contribution is 6.37. The number of rotatable bonds is 2. The second-order valence-electron chi connectivity index (χ2n) is 9.03.